The van der Waals surface area contributed by atoms with E-state index in [0.717, 1.165) is 48.1 Å². The molecule has 3 rings (SSSR count). The zero-order chi connectivity index (χ0) is 15.5. The van der Waals surface area contributed by atoms with E-state index in [1.54, 1.807) is 0 Å². The van der Waals surface area contributed by atoms with E-state index >= 15 is 0 Å². The molecule has 0 N–H and O–H groups in total. The smallest absolute Gasteiger partial charge is 0.128 e. The van der Waals surface area contributed by atoms with Gasteiger partial charge in [-0.25, -0.2) is 4.98 Å². The van der Waals surface area contributed by atoms with Crippen molar-refractivity contribution in [1.29, 1.82) is 0 Å². The van der Waals surface area contributed by atoms with Gasteiger partial charge in [-0.2, -0.15) is 0 Å². The molecule has 0 radical (unpaired) electrons. The first-order valence-electron chi connectivity index (χ1n) is 7.85. The number of rotatable bonds is 3. The van der Waals surface area contributed by atoms with Crippen molar-refractivity contribution in [3.63, 3.8) is 0 Å². The first-order valence-corrected chi connectivity index (χ1v) is 8.23. The Kier molecular flexibility index (Phi) is 4.65. The molecule has 0 amide bonds. The van der Waals surface area contributed by atoms with Gasteiger partial charge in [-0.05, 0) is 32.0 Å². The number of nitrogens with zero attached hydrogens (tertiary/aromatic N) is 3. The number of hydrogen-bond acceptors (Lipinski definition) is 3. The highest BCUT2D eigenvalue weighted by atomic mass is 35.5. The summed E-state index contributed by atoms with van der Waals surface area (Å²) in [7, 11) is 0. The number of piperazine rings is 1. The van der Waals surface area contributed by atoms with Crippen LogP contribution in [0.25, 0.3) is 11.1 Å². The average Bonchev–Trinajstić information content (AvgIpc) is 2.56. The minimum Gasteiger partial charge on any atom is -0.354 e. The van der Waals surface area contributed by atoms with E-state index in [0.29, 0.717) is 6.04 Å². The zero-order valence-corrected chi connectivity index (χ0v) is 13.9. The lowest BCUT2D eigenvalue weighted by molar-refractivity contribution is 0.209. The van der Waals surface area contributed by atoms with Crippen molar-refractivity contribution in [3.8, 4) is 11.1 Å². The molecule has 22 heavy (non-hydrogen) atoms. The Morgan fingerprint density at radius 2 is 1.73 bits per heavy atom. The zero-order valence-electron chi connectivity index (χ0n) is 13.2. The fourth-order valence-corrected chi connectivity index (χ4v) is 3.14. The largest absolute Gasteiger partial charge is 0.354 e. The van der Waals surface area contributed by atoms with Crippen LogP contribution >= 0.6 is 11.6 Å². The van der Waals surface area contributed by atoms with Gasteiger partial charge in [0.1, 0.15) is 5.82 Å². The van der Waals surface area contributed by atoms with Gasteiger partial charge in [-0.3, -0.25) is 4.90 Å². The number of benzene rings is 1. The Bertz CT molecular complexity index is 616. The predicted octanol–water partition coefficient (Wildman–Crippen LogP) is 3.93. The Morgan fingerprint density at radius 1 is 1.00 bits per heavy atom. The third-order valence-electron chi connectivity index (χ3n) is 4.30. The summed E-state index contributed by atoms with van der Waals surface area (Å²) in [6, 6.07) is 12.7. The second kappa shape index (κ2) is 6.67. The van der Waals surface area contributed by atoms with Gasteiger partial charge >= 0.3 is 0 Å². The Morgan fingerprint density at radius 3 is 2.32 bits per heavy atom. The van der Waals surface area contributed by atoms with Crippen molar-refractivity contribution in [2.75, 3.05) is 31.1 Å². The monoisotopic (exact) mass is 315 g/mol. The summed E-state index contributed by atoms with van der Waals surface area (Å²) in [5, 5.41) is 0.766. The van der Waals surface area contributed by atoms with Gasteiger partial charge in [0, 0.05) is 54.6 Å². The molecule has 1 fully saturated rings. The molecule has 1 saturated heterocycles. The normalized spacial score (nSPS) is 16.3. The molecule has 0 aliphatic carbocycles. The maximum atomic E-state index is 6.25. The highest BCUT2D eigenvalue weighted by Crippen LogP contribution is 2.28. The van der Waals surface area contributed by atoms with Crippen LogP contribution in [0.3, 0.4) is 0 Å². The van der Waals surface area contributed by atoms with Crippen LogP contribution in [0.5, 0.6) is 0 Å². The maximum absolute atomic E-state index is 6.25. The van der Waals surface area contributed by atoms with Gasteiger partial charge in [0.15, 0.2) is 0 Å². The summed E-state index contributed by atoms with van der Waals surface area (Å²) >= 11 is 6.25. The second-order valence-corrected chi connectivity index (χ2v) is 6.41. The van der Waals surface area contributed by atoms with Crippen LogP contribution in [0.15, 0.2) is 42.6 Å². The van der Waals surface area contributed by atoms with Gasteiger partial charge < -0.3 is 4.90 Å². The molecule has 116 valence electrons. The molecular formula is C18H22ClN3. The van der Waals surface area contributed by atoms with Crippen molar-refractivity contribution < 1.29 is 0 Å². The summed E-state index contributed by atoms with van der Waals surface area (Å²) in [6.45, 7) is 8.79. The van der Waals surface area contributed by atoms with Gasteiger partial charge in [-0.1, -0.05) is 29.8 Å². The summed E-state index contributed by atoms with van der Waals surface area (Å²) in [4.78, 5) is 9.50. The molecule has 0 bridgehead atoms. The molecule has 1 aromatic carbocycles. The molecule has 1 aromatic heterocycles. The van der Waals surface area contributed by atoms with Crippen molar-refractivity contribution in [3.05, 3.63) is 47.6 Å². The molecule has 1 aliphatic heterocycles. The molecule has 3 nitrogen and oxygen atoms in total. The third-order valence-corrected chi connectivity index (χ3v) is 4.63. The van der Waals surface area contributed by atoms with Crippen LogP contribution in [-0.4, -0.2) is 42.1 Å². The molecule has 4 heteroatoms. The lowest BCUT2D eigenvalue weighted by Gasteiger charge is -2.37. The number of hydrogen-bond donors (Lipinski definition) is 0. The van der Waals surface area contributed by atoms with E-state index in [2.05, 4.69) is 40.8 Å². The molecular weight excluding hydrogens is 294 g/mol. The average molecular weight is 316 g/mol. The lowest BCUT2D eigenvalue weighted by atomic mass is 10.1. The van der Waals surface area contributed by atoms with Crippen LogP contribution in [0.1, 0.15) is 13.8 Å². The van der Waals surface area contributed by atoms with Crippen molar-refractivity contribution in [2.45, 2.75) is 19.9 Å². The van der Waals surface area contributed by atoms with E-state index in [4.69, 9.17) is 11.6 Å². The Labute approximate surface area is 137 Å². The van der Waals surface area contributed by atoms with Crippen molar-refractivity contribution >= 4 is 17.4 Å². The number of pyridine rings is 1. The van der Waals surface area contributed by atoms with E-state index in [-0.39, 0.29) is 0 Å². The Hall–Kier alpha value is -1.58. The molecule has 1 aliphatic rings. The van der Waals surface area contributed by atoms with Crippen molar-refractivity contribution in [1.82, 2.24) is 9.88 Å². The second-order valence-electron chi connectivity index (χ2n) is 6.00. The molecule has 2 aromatic rings. The Balaban J connectivity index is 1.72. The van der Waals surface area contributed by atoms with Crippen LogP contribution in [0.4, 0.5) is 5.82 Å². The third kappa shape index (κ3) is 3.26. The molecule has 0 atom stereocenters. The fourth-order valence-electron chi connectivity index (χ4n) is 2.90. The minimum absolute atomic E-state index is 0.623. The van der Waals surface area contributed by atoms with E-state index in [9.17, 15) is 0 Å². The fraction of sp³-hybridized carbons (Fsp3) is 0.389. The van der Waals surface area contributed by atoms with E-state index in [1.807, 2.05) is 30.5 Å². The van der Waals surface area contributed by atoms with Gasteiger partial charge in [0.05, 0.1) is 0 Å². The number of anilines is 1. The van der Waals surface area contributed by atoms with Gasteiger partial charge in [-0.15, -0.1) is 0 Å². The van der Waals surface area contributed by atoms with Crippen LogP contribution in [-0.2, 0) is 0 Å². The SMILES string of the molecule is CC(C)N1CCN(c2ccc(-c3ccccc3Cl)cn2)CC1. The first kappa shape index (κ1) is 15.3. The maximum Gasteiger partial charge on any atom is 0.128 e. The highest BCUT2D eigenvalue weighted by molar-refractivity contribution is 6.33. The van der Waals surface area contributed by atoms with Crippen LogP contribution in [0.2, 0.25) is 5.02 Å². The van der Waals surface area contributed by atoms with E-state index < -0.39 is 0 Å². The standard InChI is InChI=1S/C18H22ClN3/c1-14(2)21-9-11-22(12-10-21)18-8-7-15(13-20-18)16-5-3-4-6-17(16)19/h3-8,13-14H,9-12H2,1-2H3. The minimum atomic E-state index is 0.623. The summed E-state index contributed by atoms with van der Waals surface area (Å²) in [5.74, 6) is 1.05. The van der Waals surface area contributed by atoms with Gasteiger partial charge in [0.25, 0.3) is 0 Å². The summed E-state index contributed by atoms with van der Waals surface area (Å²) in [6.07, 6.45) is 1.92. The van der Waals surface area contributed by atoms with Crippen molar-refractivity contribution in [2.24, 2.45) is 0 Å². The van der Waals surface area contributed by atoms with Crippen LogP contribution < -0.4 is 4.90 Å². The van der Waals surface area contributed by atoms with E-state index in [1.165, 1.54) is 0 Å². The number of aromatic nitrogens is 1. The quantitative estimate of drug-likeness (QED) is 0.855. The summed E-state index contributed by atoms with van der Waals surface area (Å²) in [5.41, 5.74) is 2.10. The predicted molar refractivity (Wildman–Crippen MR) is 93.6 cm³/mol. The molecule has 0 saturated carbocycles. The highest BCUT2D eigenvalue weighted by Gasteiger charge is 2.19. The first-order chi connectivity index (χ1) is 10.6. The topological polar surface area (TPSA) is 19.4 Å². The van der Waals surface area contributed by atoms with Gasteiger partial charge in [0.2, 0.25) is 0 Å². The number of halogens is 1. The van der Waals surface area contributed by atoms with Crippen LogP contribution in [0, 0.1) is 0 Å². The molecule has 0 unspecified atom stereocenters. The molecule has 0 spiro atoms. The summed E-state index contributed by atoms with van der Waals surface area (Å²) < 4.78 is 0. The molecule has 2 heterocycles. The lowest BCUT2D eigenvalue weighted by Crippen LogP contribution is -2.49.